The molecule has 0 bridgehead atoms. The van der Waals surface area contributed by atoms with Gasteiger partial charge in [0.1, 0.15) is 5.82 Å². The van der Waals surface area contributed by atoms with Crippen LogP contribution in [-0.2, 0) is 4.79 Å². The maximum atomic E-state index is 11.5. The molecule has 0 saturated carbocycles. The Morgan fingerprint density at radius 1 is 1.24 bits per heavy atom. The van der Waals surface area contributed by atoms with Crippen molar-refractivity contribution >= 4 is 11.6 Å². The molecule has 2 N–H and O–H groups in total. The van der Waals surface area contributed by atoms with Crippen molar-refractivity contribution < 1.29 is 4.79 Å². The highest BCUT2D eigenvalue weighted by molar-refractivity contribution is 5.91. The summed E-state index contributed by atoms with van der Waals surface area (Å²) in [7, 11) is 0. The molecule has 1 aromatic heterocycles. The third kappa shape index (κ3) is 3.31. The lowest BCUT2D eigenvalue weighted by atomic mass is 9.79. The Balaban J connectivity index is 1.98. The van der Waals surface area contributed by atoms with Crippen LogP contribution < -0.4 is 10.9 Å². The molecule has 1 heterocycles. The van der Waals surface area contributed by atoms with Crippen LogP contribution in [0.1, 0.15) is 26.7 Å². The van der Waals surface area contributed by atoms with Gasteiger partial charge in [-0.1, -0.05) is 19.9 Å². The van der Waals surface area contributed by atoms with Crippen molar-refractivity contribution in [3.63, 3.8) is 0 Å². The molecule has 1 aliphatic rings. The molecule has 0 radical (unpaired) electrons. The van der Waals surface area contributed by atoms with Gasteiger partial charge in [0.15, 0.2) is 5.78 Å². The highest BCUT2D eigenvalue weighted by Crippen LogP contribution is 2.32. The summed E-state index contributed by atoms with van der Waals surface area (Å²) in [5.74, 6) is 0.913. The molecule has 1 aliphatic carbocycles. The first-order valence-electron chi connectivity index (χ1n) is 5.72. The van der Waals surface area contributed by atoms with Crippen LogP contribution in [0.5, 0.6) is 0 Å². The number of nitrogens with one attached hydrogen (secondary N) is 2. The molecule has 1 aromatic rings. The molecule has 4 heteroatoms. The van der Waals surface area contributed by atoms with Crippen molar-refractivity contribution in [1.82, 2.24) is 10.4 Å². The highest BCUT2D eigenvalue weighted by atomic mass is 16.1. The van der Waals surface area contributed by atoms with Gasteiger partial charge in [0.05, 0.1) is 0 Å². The normalized spacial score (nSPS) is 18.5. The van der Waals surface area contributed by atoms with Gasteiger partial charge in [-0.05, 0) is 24.0 Å². The van der Waals surface area contributed by atoms with E-state index in [9.17, 15) is 4.79 Å². The summed E-state index contributed by atoms with van der Waals surface area (Å²) in [5.41, 5.74) is 6.98. The molecule has 0 aromatic carbocycles. The number of rotatable bonds is 3. The molecule has 17 heavy (non-hydrogen) atoms. The minimum Gasteiger partial charge on any atom is -0.304 e. The Kier molecular flexibility index (Phi) is 3.13. The molecule has 0 unspecified atom stereocenters. The van der Waals surface area contributed by atoms with Crippen LogP contribution in [0, 0.1) is 5.41 Å². The largest absolute Gasteiger partial charge is 0.304 e. The van der Waals surface area contributed by atoms with Gasteiger partial charge < -0.3 is 5.43 Å². The number of hydrazine groups is 1. The second kappa shape index (κ2) is 4.57. The van der Waals surface area contributed by atoms with Gasteiger partial charge in [-0.2, -0.15) is 0 Å². The van der Waals surface area contributed by atoms with Gasteiger partial charge in [0.2, 0.25) is 0 Å². The molecule has 0 amide bonds. The first-order chi connectivity index (χ1) is 8.05. The van der Waals surface area contributed by atoms with Gasteiger partial charge in [-0.25, -0.2) is 4.98 Å². The number of carbonyl (C=O) groups excluding carboxylic acids is 1. The zero-order valence-corrected chi connectivity index (χ0v) is 10.2. The number of nitrogens with zero attached hydrogens (tertiary/aromatic N) is 1. The van der Waals surface area contributed by atoms with E-state index >= 15 is 0 Å². The van der Waals surface area contributed by atoms with E-state index in [4.69, 9.17) is 0 Å². The van der Waals surface area contributed by atoms with Crippen LogP contribution in [0.25, 0.3) is 0 Å². The Labute approximate surface area is 101 Å². The van der Waals surface area contributed by atoms with Crippen molar-refractivity contribution in [1.29, 1.82) is 0 Å². The molecule has 0 fully saturated rings. The maximum Gasteiger partial charge on any atom is 0.158 e. The van der Waals surface area contributed by atoms with Crippen LogP contribution in [0.15, 0.2) is 36.2 Å². The number of allylic oxidation sites excluding steroid dienone is 2. The lowest BCUT2D eigenvalue weighted by Gasteiger charge is -2.29. The minimum absolute atomic E-state index is 0.0277. The second-order valence-electron chi connectivity index (χ2n) is 5.12. The second-order valence-corrected chi connectivity index (χ2v) is 5.12. The van der Waals surface area contributed by atoms with E-state index in [1.165, 1.54) is 0 Å². The predicted octanol–water partition coefficient (Wildman–Crippen LogP) is 2.27. The van der Waals surface area contributed by atoms with Gasteiger partial charge in [-0.3, -0.25) is 10.2 Å². The Bertz CT molecular complexity index is 437. The van der Waals surface area contributed by atoms with Crippen LogP contribution in [0.3, 0.4) is 0 Å². The smallest absolute Gasteiger partial charge is 0.158 e. The van der Waals surface area contributed by atoms with Crippen molar-refractivity contribution in [2.24, 2.45) is 5.41 Å². The number of anilines is 1. The lowest BCUT2D eigenvalue weighted by Crippen LogP contribution is -2.30. The van der Waals surface area contributed by atoms with Gasteiger partial charge >= 0.3 is 0 Å². The summed E-state index contributed by atoms with van der Waals surface area (Å²) in [6.07, 6.45) is 4.86. The number of ketones is 1. The van der Waals surface area contributed by atoms with E-state index in [1.807, 2.05) is 18.2 Å². The average Bonchev–Trinajstić information content (AvgIpc) is 2.25. The third-order valence-corrected chi connectivity index (χ3v) is 2.67. The summed E-state index contributed by atoms with van der Waals surface area (Å²) in [6.45, 7) is 4.20. The molecule has 90 valence electrons. The quantitative estimate of drug-likeness (QED) is 0.783. The molecule has 0 spiro atoms. The van der Waals surface area contributed by atoms with Crippen molar-refractivity contribution in [3.8, 4) is 0 Å². The predicted molar refractivity (Wildman–Crippen MR) is 67.1 cm³/mol. The van der Waals surface area contributed by atoms with E-state index in [0.29, 0.717) is 6.42 Å². The van der Waals surface area contributed by atoms with Crippen molar-refractivity contribution in [3.05, 3.63) is 36.2 Å². The minimum atomic E-state index is 0.0277. The SMILES string of the molecule is CC1(C)CC(=O)C=C(NNc2ccccn2)C1. The van der Waals surface area contributed by atoms with E-state index in [-0.39, 0.29) is 11.2 Å². The highest BCUT2D eigenvalue weighted by Gasteiger charge is 2.27. The Hall–Kier alpha value is -1.84. The first kappa shape index (κ1) is 11.6. The van der Waals surface area contributed by atoms with Crippen LogP contribution in [-0.4, -0.2) is 10.8 Å². The Morgan fingerprint density at radius 3 is 2.71 bits per heavy atom. The van der Waals surface area contributed by atoms with Crippen LogP contribution in [0.4, 0.5) is 5.82 Å². The number of aromatic nitrogens is 1. The molecule has 4 nitrogen and oxygen atoms in total. The van der Waals surface area contributed by atoms with Crippen molar-refractivity contribution in [2.75, 3.05) is 5.43 Å². The lowest BCUT2D eigenvalue weighted by molar-refractivity contribution is -0.117. The number of carbonyl (C=O) groups is 1. The monoisotopic (exact) mass is 231 g/mol. The molecule has 0 aliphatic heterocycles. The van der Waals surface area contributed by atoms with E-state index < -0.39 is 0 Å². The number of pyridine rings is 1. The summed E-state index contributed by atoms with van der Waals surface area (Å²) < 4.78 is 0. The van der Waals surface area contributed by atoms with Crippen LogP contribution in [0.2, 0.25) is 0 Å². The average molecular weight is 231 g/mol. The zero-order valence-electron chi connectivity index (χ0n) is 10.2. The van der Waals surface area contributed by atoms with Gasteiger partial charge in [-0.15, -0.1) is 0 Å². The van der Waals surface area contributed by atoms with Crippen LogP contribution >= 0.6 is 0 Å². The molecular formula is C13H17N3O. The zero-order chi connectivity index (χ0) is 12.3. The number of hydrogen-bond donors (Lipinski definition) is 2. The Morgan fingerprint density at radius 2 is 2.06 bits per heavy atom. The first-order valence-corrected chi connectivity index (χ1v) is 5.72. The fourth-order valence-electron chi connectivity index (χ4n) is 2.01. The fourth-order valence-corrected chi connectivity index (χ4v) is 2.01. The molecule has 2 rings (SSSR count). The summed E-state index contributed by atoms with van der Waals surface area (Å²) in [4.78, 5) is 15.7. The number of hydrogen-bond acceptors (Lipinski definition) is 4. The standard InChI is InChI=1S/C13H17N3O/c1-13(2)8-10(7-11(17)9-13)15-16-12-5-3-4-6-14-12/h3-7,15H,8-9H2,1-2H3,(H,14,16). The molecule has 0 saturated heterocycles. The van der Waals surface area contributed by atoms with Gasteiger partial charge in [0, 0.05) is 24.4 Å². The topological polar surface area (TPSA) is 54.0 Å². The molecular weight excluding hydrogens is 214 g/mol. The summed E-state index contributed by atoms with van der Waals surface area (Å²) in [6, 6.07) is 5.63. The summed E-state index contributed by atoms with van der Waals surface area (Å²) in [5, 5.41) is 0. The maximum absolute atomic E-state index is 11.5. The van der Waals surface area contributed by atoms with E-state index in [2.05, 4.69) is 29.7 Å². The third-order valence-electron chi connectivity index (χ3n) is 2.67. The molecule has 0 atom stereocenters. The van der Waals surface area contributed by atoms with Gasteiger partial charge in [0.25, 0.3) is 0 Å². The van der Waals surface area contributed by atoms with E-state index in [0.717, 1.165) is 17.9 Å². The fraction of sp³-hybridized carbons (Fsp3) is 0.385. The van der Waals surface area contributed by atoms with Crippen molar-refractivity contribution in [2.45, 2.75) is 26.7 Å². The summed E-state index contributed by atoms with van der Waals surface area (Å²) >= 11 is 0. The van der Waals surface area contributed by atoms with E-state index in [1.54, 1.807) is 12.3 Å².